The Morgan fingerprint density at radius 3 is 1.48 bits per heavy atom. The van der Waals surface area contributed by atoms with Crippen molar-refractivity contribution < 1.29 is 148 Å². The number of aromatic nitrogens is 4. The number of carbonyl (C=O) groups excluding carboxylic acids is 1. The van der Waals surface area contributed by atoms with Crippen LogP contribution in [0, 0.1) is 11.6 Å². The third-order valence-corrected chi connectivity index (χ3v) is 9.80. The van der Waals surface area contributed by atoms with E-state index >= 15 is 8.78 Å². The third-order valence-electron chi connectivity index (χ3n) is 9.13. The average molecular weight is 1030 g/mol. The largest absolute Gasteiger partial charge is 1.00 e. The Labute approximate surface area is 484 Å². The number of carbonyl (C=O) groups is 1. The van der Waals surface area contributed by atoms with E-state index < -0.39 is 0 Å². The van der Waals surface area contributed by atoms with Gasteiger partial charge in [-0.1, -0.05) is 67.0 Å². The number of nitrogens with zero attached hydrogens (tertiary/aromatic N) is 5. The molecule has 0 spiro atoms. The van der Waals surface area contributed by atoms with E-state index in [1.165, 1.54) is 14.2 Å². The Morgan fingerprint density at radius 2 is 1.15 bits per heavy atom. The van der Waals surface area contributed by atoms with Crippen LogP contribution < -0.4 is 128 Å². The minimum atomic E-state index is -0.355. The standard InChI is InChI=1S/C21H19ClFN3O2.C18H13Cl2FN2O.C3H7NO.CH2O3.CH4.ClH.2K.H/c1-28-18-6-5-15(20(23)19(18)14-3-2-4-16(22)8-14)7-13-9-24-21(25-10-13)26-11-17(27)12-26;1-24-15-6-5-13(7-11-9-22-18(20)23-10-11)17(21)16(15)12-3-2-4-14(19)8-12;5-3-1-4-2-3;2-1-4-3;;;;;/h2-6,8-10,17,27H,7,11-12H2,1H3;2-6,8-10H,7H2,1H3;3-5H,1-2H2;1,3H;1H4;1H;;;/q;;;;;;2*+1;-1/p-1. The fourth-order valence-electron chi connectivity index (χ4n) is 6.01. The zero-order valence-electron chi connectivity index (χ0n) is 36.2. The fourth-order valence-corrected chi connectivity index (χ4v) is 6.49. The van der Waals surface area contributed by atoms with Crippen molar-refractivity contribution in [2.75, 3.05) is 45.3 Å². The van der Waals surface area contributed by atoms with Crippen LogP contribution in [-0.2, 0) is 22.5 Å². The Hall–Kier alpha value is -1.96. The number of halogens is 6. The van der Waals surface area contributed by atoms with Gasteiger partial charge >= 0.3 is 103 Å². The van der Waals surface area contributed by atoms with Gasteiger partial charge in [0, 0.05) is 73.9 Å². The average Bonchev–Trinajstić information content (AvgIpc) is 3.24. The molecule has 0 atom stereocenters. The summed E-state index contributed by atoms with van der Waals surface area (Å²) in [6, 6.07) is 21.0. The van der Waals surface area contributed by atoms with Crippen LogP contribution in [0.3, 0.4) is 0 Å². The quantitative estimate of drug-likeness (QED) is 0.0593. The van der Waals surface area contributed by atoms with E-state index in [1.54, 1.807) is 97.6 Å². The Kier molecular flexibility index (Phi) is 29.3. The molecule has 8 rings (SSSR count). The van der Waals surface area contributed by atoms with Gasteiger partial charge in [0.1, 0.15) is 23.1 Å². The number of nitrogens with one attached hydrogen (secondary N) is 1. The molecular weight excluding hydrogens is 983 g/mol. The summed E-state index contributed by atoms with van der Waals surface area (Å²) < 4.78 is 41.1. The normalized spacial score (nSPS) is 12.3. The first-order valence-corrected chi connectivity index (χ1v) is 19.6. The first-order valence-electron chi connectivity index (χ1n) is 18.5. The number of anilines is 1. The Morgan fingerprint density at radius 1 is 0.754 bits per heavy atom. The van der Waals surface area contributed by atoms with E-state index in [0.717, 1.165) is 24.2 Å². The molecule has 0 saturated carbocycles. The van der Waals surface area contributed by atoms with Crippen molar-refractivity contribution in [1.82, 2.24) is 25.3 Å². The summed E-state index contributed by atoms with van der Waals surface area (Å²) in [7, 11) is 3.03. The van der Waals surface area contributed by atoms with Gasteiger partial charge in [-0.25, -0.2) is 28.7 Å². The fraction of sp³-hybridized carbons (Fsp3) is 0.250. The predicted molar refractivity (Wildman–Crippen MR) is 241 cm³/mol. The summed E-state index contributed by atoms with van der Waals surface area (Å²) in [6.45, 7) is 2.48. The van der Waals surface area contributed by atoms with E-state index in [9.17, 15) is 5.11 Å². The van der Waals surface area contributed by atoms with Crippen LogP contribution >= 0.6 is 47.2 Å². The SMILES string of the molecule is C.COc1ccc(Cc2cnc(Cl)nc2)c(F)c1-c1cccc(Cl)c1.COc1ccc(Cc2cnc(N3CC(O)C3)nc2)c(F)c1-c1cccc(Cl)c1.Cl.O=CO[O-].OC1CNC1.[H-].[K+].[K+]. The van der Waals surface area contributed by atoms with Crippen molar-refractivity contribution in [1.29, 1.82) is 0 Å². The van der Waals surface area contributed by atoms with Crippen molar-refractivity contribution in [3.8, 4) is 33.8 Å². The number of aliphatic hydroxyl groups excluding tert-OH is 2. The summed E-state index contributed by atoms with van der Waals surface area (Å²) in [4.78, 5) is 29.6. The number of hydrogen-bond acceptors (Lipinski definition) is 13. The Balaban J connectivity index is 0.00000102. The molecule has 3 N–H and O–H groups in total. The van der Waals surface area contributed by atoms with Gasteiger partial charge in [-0.3, -0.25) is 4.79 Å². The summed E-state index contributed by atoms with van der Waals surface area (Å²) in [5.41, 5.74) is 4.68. The first-order chi connectivity index (χ1) is 29.4. The number of hydrogen-bond donors (Lipinski definition) is 3. The molecule has 0 amide bonds. The van der Waals surface area contributed by atoms with Crippen molar-refractivity contribution in [2.45, 2.75) is 32.5 Å². The third kappa shape index (κ3) is 18.1. The number of benzene rings is 4. The van der Waals surface area contributed by atoms with E-state index in [0.29, 0.717) is 86.8 Å². The van der Waals surface area contributed by atoms with Gasteiger partial charge in [-0.15, -0.1) is 12.4 Å². The van der Waals surface area contributed by atoms with E-state index in [1.807, 2.05) is 4.90 Å². The maximum absolute atomic E-state index is 15.3. The molecule has 6 aromatic rings. The molecule has 2 fully saturated rings. The molecule has 2 aliphatic heterocycles. The minimum absolute atomic E-state index is 0. The Bertz CT molecular complexity index is 2380. The molecule has 0 aliphatic carbocycles. The predicted octanol–water partition coefficient (Wildman–Crippen LogP) is 1.47. The number of methoxy groups -OCH3 is 2. The van der Waals surface area contributed by atoms with Crippen LogP contribution in [-0.4, -0.2) is 89.2 Å². The van der Waals surface area contributed by atoms with Crippen molar-refractivity contribution in [2.24, 2.45) is 0 Å². The molecule has 65 heavy (non-hydrogen) atoms. The minimum Gasteiger partial charge on any atom is -1.00 e. The van der Waals surface area contributed by atoms with Gasteiger partial charge in [0.15, 0.2) is 0 Å². The molecule has 21 heteroatoms. The second kappa shape index (κ2) is 31.2. The van der Waals surface area contributed by atoms with E-state index in [-0.39, 0.29) is 160 Å². The zero-order chi connectivity index (χ0) is 43.9. The van der Waals surface area contributed by atoms with Crippen LogP contribution in [0.2, 0.25) is 15.3 Å². The molecule has 2 aliphatic rings. The molecule has 0 radical (unpaired) electrons. The summed E-state index contributed by atoms with van der Waals surface area (Å²) in [6.07, 6.45) is 6.88. The van der Waals surface area contributed by atoms with Crippen molar-refractivity contribution in [3.05, 3.63) is 147 Å². The molecule has 13 nitrogen and oxygen atoms in total. The van der Waals surface area contributed by atoms with Gasteiger partial charge in [-0.2, -0.15) is 0 Å². The summed E-state index contributed by atoms with van der Waals surface area (Å²) >= 11 is 17.8. The molecule has 0 bridgehead atoms. The molecule has 4 aromatic carbocycles. The van der Waals surface area contributed by atoms with Crippen molar-refractivity contribution >= 4 is 59.6 Å². The number of aliphatic hydroxyl groups is 2. The molecule has 338 valence electrons. The molecule has 2 aromatic heterocycles. The monoisotopic (exact) mass is 1030 g/mol. The van der Waals surface area contributed by atoms with Gasteiger partial charge in [0.2, 0.25) is 11.2 Å². The van der Waals surface area contributed by atoms with Crippen LogP contribution in [0.1, 0.15) is 31.1 Å². The van der Waals surface area contributed by atoms with E-state index in [2.05, 4.69) is 30.1 Å². The number of rotatable bonds is 10. The van der Waals surface area contributed by atoms with E-state index in [4.69, 9.17) is 59.4 Å². The molecule has 0 unspecified atom stereocenters. The van der Waals surface area contributed by atoms with Crippen LogP contribution in [0.5, 0.6) is 11.5 Å². The van der Waals surface area contributed by atoms with Crippen LogP contribution in [0.15, 0.2) is 97.6 Å². The number of β-amino-alcohol motifs (C(OH)–C–C–N with tert-alkyl or cyclic N) is 2. The summed E-state index contributed by atoms with van der Waals surface area (Å²) in [5, 5.41) is 30.3. The molecule has 4 heterocycles. The maximum Gasteiger partial charge on any atom is 1.00 e. The smallest absolute Gasteiger partial charge is 1.00 e. The summed E-state index contributed by atoms with van der Waals surface area (Å²) in [5.74, 6) is 0.768. The van der Waals surface area contributed by atoms with Gasteiger partial charge in [0.05, 0.1) is 37.6 Å². The van der Waals surface area contributed by atoms with Crippen LogP contribution in [0.4, 0.5) is 14.7 Å². The topological polar surface area (TPSA) is 175 Å². The maximum atomic E-state index is 15.3. The van der Waals surface area contributed by atoms with Gasteiger partial charge in [-0.05, 0) is 81.4 Å². The molecular formula is C44H46Cl4F2K2N6O7. The second-order valence-corrected chi connectivity index (χ2v) is 14.6. The second-order valence-electron chi connectivity index (χ2n) is 13.4. The number of ether oxygens (including phenoxy) is 2. The molecule has 2 saturated heterocycles. The zero-order valence-corrected chi connectivity index (χ0v) is 44.5. The van der Waals surface area contributed by atoms with Crippen molar-refractivity contribution in [3.63, 3.8) is 0 Å². The van der Waals surface area contributed by atoms with Gasteiger partial charge in [0.25, 0.3) is 6.47 Å². The van der Waals surface area contributed by atoms with Crippen LogP contribution in [0.25, 0.3) is 22.3 Å². The first kappa shape index (κ1) is 61.1. The van der Waals surface area contributed by atoms with Gasteiger partial charge < -0.3 is 41.5 Å².